The van der Waals surface area contributed by atoms with E-state index in [9.17, 15) is 18.0 Å². The van der Waals surface area contributed by atoms with Crippen molar-refractivity contribution in [2.75, 3.05) is 13.1 Å². The number of aromatic nitrogens is 3. The van der Waals surface area contributed by atoms with Gasteiger partial charge in [0.2, 0.25) is 0 Å². The Morgan fingerprint density at radius 2 is 1.92 bits per heavy atom. The van der Waals surface area contributed by atoms with Crippen molar-refractivity contribution in [3.05, 3.63) is 36.3 Å². The number of pyridine rings is 1. The zero-order chi connectivity index (χ0) is 17.9. The molecule has 0 N–H and O–H groups in total. The molecule has 0 spiro atoms. The minimum atomic E-state index is -4.45. The van der Waals surface area contributed by atoms with Crippen LogP contribution in [0.4, 0.5) is 13.2 Å². The summed E-state index contributed by atoms with van der Waals surface area (Å²) in [7, 11) is 1.54. The van der Waals surface area contributed by atoms with Crippen LogP contribution in [0.2, 0.25) is 0 Å². The molecule has 0 radical (unpaired) electrons. The summed E-state index contributed by atoms with van der Waals surface area (Å²) in [6.07, 6.45) is -1.28. The Hall–Kier alpha value is -2.38. The topological polar surface area (TPSA) is 51.0 Å². The van der Waals surface area contributed by atoms with E-state index in [2.05, 4.69) is 10.1 Å². The van der Waals surface area contributed by atoms with Crippen LogP contribution < -0.4 is 0 Å². The molecule has 2 aromatic rings. The second-order valence-corrected chi connectivity index (χ2v) is 5.97. The van der Waals surface area contributed by atoms with E-state index in [1.807, 2.05) is 0 Å². The Morgan fingerprint density at radius 3 is 2.46 bits per heavy atom. The average molecular weight is 340 g/mol. The fourth-order valence-corrected chi connectivity index (χ4v) is 2.37. The lowest BCUT2D eigenvalue weighted by molar-refractivity contribution is -0.141. The summed E-state index contributed by atoms with van der Waals surface area (Å²) >= 11 is 0. The van der Waals surface area contributed by atoms with Crippen LogP contribution in [0.3, 0.4) is 0 Å². The van der Waals surface area contributed by atoms with E-state index in [-0.39, 0.29) is 18.2 Å². The Labute approximate surface area is 138 Å². The summed E-state index contributed by atoms with van der Waals surface area (Å²) in [5.74, 6) is -0.763. The van der Waals surface area contributed by atoms with Crippen molar-refractivity contribution in [1.29, 1.82) is 0 Å². The second kappa shape index (κ2) is 7.02. The standard InChI is InChI=1S/C16H19F3N4O/c1-11(2)9-23(10-16(17,18)19)15(24)14-8-13(21-22(14)3)12-4-6-20-7-5-12/h4-8,11H,9-10H2,1-3H3. The summed E-state index contributed by atoms with van der Waals surface area (Å²) in [4.78, 5) is 17.3. The lowest BCUT2D eigenvalue weighted by Gasteiger charge is -2.25. The molecule has 0 atom stereocenters. The highest BCUT2D eigenvalue weighted by atomic mass is 19.4. The van der Waals surface area contributed by atoms with Crippen molar-refractivity contribution in [2.24, 2.45) is 13.0 Å². The molecule has 2 rings (SSSR count). The van der Waals surface area contributed by atoms with E-state index in [1.54, 1.807) is 45.4 Å². The normalized spacial score (nSPS) is 11.8. The number of hydrogen-bond acceptors (Lipinski definition) is 3. The van der Waals surface area contributed by atoms with Gasteiger partial charge >= 0.3 is 6.18 Å². The number of nitrogens with zero attached hydrogens (tertiary/aromatic N) is 4. The molecule has 1 amide bonds. The highest BCUT2D eigenvalue weighted by Crippen LogP contribution is 2.22. The lowest BCUT2D eigenvalue weighted by Crippen LogP contribution is -2.41. The molecule has 0 aromatic carbocycles. The highest BCUT2D eigenvalue weighted by molar-refractivity contribution is 5.93. The highest BCUT2D eigenvalue weighted by Gasteiger charge is 2.34. The van der Waals surface area contributed by atoms with Crippen molar-refractivity contribution in [3.8, 4) is 11.3 Å². The number of hydrogen-bond donors (Lipinski definition) is 0. The maximum atomic E-state index is 12.8. The third-order valence-electron chi connectivity index (χ3n) is 3.32. The molecule has 24 heavy (non-hydrogen) atoms. The minimum Gasteiger partial charge on any atom is -0.328 e. The Balaban J connectivity index is 2.31. The predicted octanol–water partition coefficient (Wildman–Crippen LogP) is 3.14. The lowest BCUT2D eigenvalue weighted by atomic mass is 10.1. The van der Waals surface area contributed by atoms with Crippen LogP contribution in [0.5, 0.6) is 0 Å². The second-order valence-electron chi connectivity index (χ2n) is 5.97. The number of aryl methyl sites for hydroxylation is 1. The van der Waals surface area contributed by atoms with Crippen LogP contribution in [0.25, 0.3) is 11.3 Å². The largest absolute Gasteiger partial charge is 0.406 e. The Bertz CT molecular complexity index is 695. The van der Waals surface area contributed by atoms with Gasteiger partial charge in [-0.25, -0.2) is 0 Å². The third kappa shape index (κ3) is 4.56. The van der Waals surface area contributed by atoms with Crippen molar-refractivity contribution < 1.29 is 18.0 Å². The zero-order valence-electron chi connectivity index (χ0n) is 13.7. The summed E-state index contributed by atoms with van der Waals surface area (Å²) in [6, 6.07) is 4.94. The predicted molar refractivity (Wildman–Crippen MR) is 83.2 cm³/mol. The molecule has 0 aliphatic heterocycles. The molecule has 0 fully saturated rings. The molecule has 2 aromatic heterocycles. The molecule has 0 saturated carbocycles. The fraction of sp³-hybridized carbons (Fsp3) is 0.438. The fourth-order valence-electron chi connectivity index (χ4n) is 2.37. The van der Waals surface area contributed by atoms with Gasteiger partial charge in [-0.15, -0.1) is 0 Å². The Kier molecular flexibility index (Phi) is 5.26. The van der Waals surface area contributed by atoms with E-state index in [0.29, 0.717) is 5.69 Å². The molecule has 5 nitrogen and oxygen atoms in total. The first-order valence-electron chi connectivity index (χ1n) is 7.48. The maximum Gasteiger partial charge on any atom is 0.406 e. The van der Waals surface area contributed by atoms with Crippen molar-refractivity contribution in [1.82, 2.24) is 19.7 Å². The monoisotopic (exact) mass is 340 g/mol. The van der Waals surface area contributed by atoms with Gasteiger partial charge in [0.25, 0.3) is 5.91 Å². The van der Waals surface area contributed by atoms with Crippen LogP contribution in [0.15, 0.2) is 30.6 Å². The number of rotatable bonds is 5. The molecule has 8 heteroatoms. The molecular weight excluding hydrogens is 321 g/mol. The van der Waals surface area contributed by atoms with Crippen LogP contribution in [-0.4, -0.2) is 44.8 Å². The molecule has 130 valence electrons. The summed E-state index contributed by atoms with van der Waals surface area (Å²) in [5, 5.41) is 4.22. The number of amides is 1. The zero-order valence-corrected chi connectivity index (χ0v) is 13.7. The molecule has 0 saturated heterocycles. The number of carbonyl (C=O) groups is 1. The van der Waals surface area contributed by atoms with Crippen LogP contribution in [0.1, 0.15) is 24.3 Å². The summed E-state index contributed by atoms with van der Waals surface area (Å²) in [6.45, 7) is 2.28. The maximum absolute atomic E-state index is 12.8. The smallest absolute Gasteiger partial charge is 0.328 e. The van der Waals surface area contributed by atoms with Gasteiger partial charge in [0, 0.05) is 31.5 Å². The summed E-state index contributed by atoms with van der Waals surface area (Å²) < 4.78 is 39.6. The summed E-state index contributed by atoms with van der Waals surface area (Å²) in [5.41, 5.74) is 1.37. The molecule has 0 aliphatic carbocycles. The first-order chi connectivity index (χ1) is 11.2. The molecular formula is C16H19F3N4O. The SMILES string of the molecule is CC(C)CN(CC(F)(F)F)C(=O)c1cc(-c2ccncc2)nn1C. The van der Waals surface area contributed by atoms with Crippen molar-refractivity contribution >= 4 is 5.91 Å². The van der Waals surface area contributed by atoms with Gasteiger partial charge in [0.05, 0.1) is 5.69 Å². The van der Waals surface area contributed by atoms with Gasteiger partial charge in [-0.3, -0.25) is 14.5 Å². The minimum absolute atomic E-state index is 0.0219. The van der Waals surface area contributed by atoms with E-state index in [1.165, 1.54) is 10.7 Å². The number of carbonyl (C=O) groups excluding carboxylic acids is 1. The third-order valence-corrected chi connectivity index (χ3v) is 3.32. The van der Waals surface area contributed by atoms with Gasteiger partial charge < -0.3 is 4.90 Å². The first kappa shape index (κ1) is 18.0. The van der Waals surface area contributed by atoms with Crippen molar-refractivity contribution in [3.63, 3.8) is 0 Å². The first-order valence-corrected chi connectivity index (χ1v) is 7.48. The van der Waals surface area contributed by atoms with Gasteiger partial charge in [-0.05, 0) is 24.1 Å². The van der Waals surface area contributed by atoms with Crippen molar-refractivity contribution in [2.45, 2.75) is 20.0 Å². The van der Waals surface area contributed by atoms with Gasteiger partial charge in [-0.1, -0.05) is 13.8 Å². The van der Waals surface area contributed by atoms with E-state index >= 15 is 0 Å². The van der Waals surface area contributed by atoms with E-state index in [4.69, 9.17) is 0 Å². The molecule has 0 unspecified atom stereocenters. The quantitative estimate of drug-likeness (QED) is 0.840. The van der Waals surface area contributed by atoms with Gasteiger partial charge in [0.1, 0.15) is 12.2 Å². The molecule has 0 aliphatic rings. The Morgan fingerprint density at radius 1 is 1.29 bits per heavy atom. The van der Waals surface area contributed by atoms with E-state index in [0.717, 1.165) is 10.5 Å². The molecule has 2 heterocycles. The van der Waals surface area contributed by atoms with Gasteiger partial charge in [0.15, 0.2) is 0 Å². The van der Waals surface area contributed by atoms with E-state index < -0.39 is 18.6 Å². The van der Waals surface area contributed by atoms with Gasteiger partial charge in [-0.2, -0.15) is 18.3 Å². The van der Waals surface area contributed by atoms with Crippen LogP contribution in [0, 0.1) is 5.92 Å². The number of halogens is 3. The van der Waals surface area contributed by atoms with Crippen LogP contribution in [-0.2, 0) is 7.05 Å². The molecule has 0 bridgehead atoms. The average Bonchev–Trinajstić information content (AvgIpc) is 2.87. The van der Waals surface area contributed by atoms with Crippen LogP contribution >= 0.6 is 0 Å². The number of alkyl halides is 3.